The van der Waals surface area contributed by atoms with E-state index in [1.807, 2.05) is 0 Å². The van der Waals surface area contributed by atoms with Crippen LogP contribution in [0.25, 0.3) is 0 Å². The second-order valence-electron chi connectivity index (χ2n) is 5.73. The van der Waals surface area contributed by atoms with Crippen molar-refractivity contribution in [2.24, 2.45) is 5.41 Å². The highest BCUT2D eigenvalue weighted by molar-refractivity contribution is 5.93. The predicted octanol–water partition coefficient (Wildman–Crippen LogP) is 1.84. The van der Waals surface area contributed by atoms with Gasteiger partial charge in [0.25, 0.3) is 5.91 Å². The number of hydrogen-bond acceptors (Lipinski definition) is 2. The first-order valence-electron chi connectivity index (χ1n) is 6.25. The van der Waals surface area contributed by atoms with Gasteiger partial charge in [0.15, 0.2) is 0 Å². The fourth-order valence-corrected chi connectivity index (χ4v) is 1.62. The van der Waals surface area contributed by atoms with Gasteiger partial charge in [-0.25, -0.2) is 0 Å². The molecule has 4 nitrogen and oxygen atoms in total. The predicted molar refractivity (Wildman–Crippen MR) is 71.7 cm³/mol. The van der Waals surface area contributed by atoms with E-state index in [9.17, 15) is 9.59 Å². The minimum Gasteiger partial charge on any atom is -0.356 e. The summed E-state index contributed by atoms with van der Waals surface area (Å²) < 4.78 is 0. The van der Waals surface area contributed by atoms with E-state index in [1.54, 1.807) is 6.08 Å². The molecule has 100 valence electrons. The van der Waals surface area contributed by atoms with Crippen molar-refractivity contribution in [1.29, 1.82) is 0 Å². The van der Waals surface area contributed by atoms with Crippen LogP contribution in [-0.2, 0) is 9.59 Å². The molecular weight excluding hydrogens is 228 g/mol. The highest BCUT2D eigenvalue weighted by Crippen LogP contribution is 2.17. The van der Waals surface area contributed by atoms with Crippen molar-refractivity contribution in [1.82, 2.24) is 10.2 Å². The Morgan fingerprint density at radius 1 is 1.39 bits per heavy atom. The van der Waals surface area contributed by atoms with Crippen LogP contribution in [-0.4, -0.2) is 29.8 Å². The van der Waals surface area contributed by atoms with Gasteiger partial charge in [-0.2, -0.15) is 0 Å². The number of nitrogens with zero attached hydrogens (tertiary/aromatic N) is 1. The number of hydrogen-bond donors (Lipinski definition) is 1. The number of allylic oxidation sites excluding steroid dienone is 1. The molecule has 0 aromatic heterocycles. The molecule has 0 aromatic rings. The maximum Gasteiger partial charge on any atom is 0.251 e. The van der Waals surface area contributed by atoms with Crippen LogP contribution in [0.15, 0.2) is 24.4 Å². The molecule has 1 heterocycles. The number of amides is 2. The van der Waals surface area contributed by atoms with Crippen molar-refractivity contribution in [2.45, 2.75) is 33.6 Å². The van der Waals surface area contributed by atoms with Gasteiger partial charge in [-0.1, -0.05) is 27.4 Å². The van der Waals surface area contributed by atoms with Gasteiger partial charge in [0.05, 0.1) is 0 Å². The second kappa shape index (κ2) is 5.85. The number of rotatable bonds is 5. The first-order chi connectivity index (χ1) is 8.29. The monoisotopic (exact) mass is 250 g/mol. The minimum absolute atomic E-state index is 0.0215. The van der Waals surface area contributed by atoms with Crippen LogP contribution in [0.5, 0.6) is 0 Å². The molecule has 0 bridgehead atoms. The van der Waals surface area contributed by atoms with E-state index in [0.29, 0.717) is 25.2 Å². The Bertz CT molecular complexity index is 360. The standard InChI is InChI=1S/C14H22N2O2/c1-11-5-6-13(18)16(11)10-7-12(17)15-9-8-14(2,3)4/h5-6H,1,7-10H2,2-4H3,(H,15,17). The number of nitrogens with one attached hydrogen (secondary N) is 1. The molecule has 0 saturated carbocycles. The van der Waals surface area contributed by atoms with Crippen LogP contribution < -0.4 is 5.32 Å². The third-order valence-electron chi connectivity index (χ3n) is 2.79. The van der Waals surface area contributed by atoms with E-state index >= 15 is 0 Å². The number of carbonyl (C=O) groups excluding carboxylic acids is 2. The second-order valence-corrected chi connectivity index (χ2v) is 5.73. The van der Waals surface area contributed by atoms with Crippen molar-refractivity contribution < 1.29 is 9.59 Å². The molecule has 0 aliphatic carbocycles. The van der Waals surface area contributed by atoms with Crippen LogP contribution in [0.2, 0.25) is 0 Å². The number of carbonyl (C=O) groups is 2. The first kappa shape index (κ1) is 14.5. The maximum atomic E-state index is 11.6. The zero-order chi connectivity index (χ0) is 13.8. The highest BCUT2D eigenvalue weighted by atomic mass is 16.2. The summed E-state index contributed by atoms with van der Waals surface area (Å²) in [5.41, 5.74) is 0.874. The largest absolute Gasteiger partial charge is 0.356 e. The van der Waals surface area contributed by atoms with Gasteiger partial charge in [0.2, 0.25) is 5.91 Å². The molecule has 4 heteroatoms. The topological polar surface area (TPSA) is 49.4 Å². The SMILES string of the molecule is C=C1C=CC(=O)N1CCC(=O)NCCC(C)(C)C. The normalized spacial score (nSPS) is 15.4. The Morgan fingerprint density at radius 3 is 2.56 bits per heavy atom. The van der Waals surface area contributed by atoms with Crippen LogP contribution in [0.1, 0.15) is 33.6 Å². The molecule has 1 N–H and O–H groups in total. The lowest BCUT2D eigenvalue weighted by atomic mass is 9.92. The molecule has 0 saturated heterocycles. The molecular formula is C14H22N2O2. The van der Waals surface area contributed by atoms with Crippen LogP contribution in [0.3, 0.4) is 0 Å². The lowest BCUT2D eigenvalue weighted by Gasteiger charge is -2.19. The summed E-state index contributed by atoms with van der Waals surface area (Å²) in [6.07, 6.45) is 4.39. The van der Waals surface area contributed by atoms with Crippen molar-refractivity contribution in [2.75, 3.05) is 13.1 Å². The van der Waals surface area contributed by atoms with Crippen molar-refractivity contribution in [3.05, 3.63) is 24.4 Å². The van der Waals surface area contributed by atoms with Crippen molar-refractivity contribution >= 4 is 11.8 Å². The summed E-state index contributed by atoms with van der Waals surface area (Å²) in [4.78, 5) is 24.5. The van der Waals surface area contributed by atoms with Gasteiger partial charge in [0, 0.05) is 31.3 Å². The third kappa shape index (κ3) is 4.73. The molecule has 0 atom stereocenters. The average molecular weight is 250 g/mol. The van der Waals surface area contributed by atoms with E-state index < -0.39 is 0 Å². The lowest BCUT2D eigenvalue weighted by Crippen LogP contribution is -2.32. The molecule has 0 unspecified atom stereocenters. The Hall–Kier alpha value is -1.58. The van der Waals surface area contributed by atoms with Crippen LogP contribution >= 0.6 is 0 Å². The molecule has 0 fully saturated rings. The average Bonchev–Trinajstić information content (AvgIpc) is 2.54. The third-order valence-corrected chi connectivity index (χ3v) is 2.79. The Labute approximate surface area is 109 Å². The minimum atomic E-state index is -0.0949. The Kier molecular flexibility index (Phi) is 4.70. The smallest absolute Gasteiger partial charge is 0.251 e. The van der Waals surface area contributed by atoms with Gasteiger partial charge >= 0.3 is 0 Å². The quantitative estimate of drug-likeness (QED) is 0.809. The summed E-state index contributed by atoms with van der Waals surface area (Å²) in [6.45, 7) is 11.2. The molecule has 0 aromatic carbocycles. The van der Waals surface area contributed by atoms with E-state index in [-0.39, 0.29) is 17.2 Å². The lowest BCUT2D eigenvalue weighted by molar-refractivity contribution is -0.124. The van der Waals surface area contributed by atoms with E-state index in [2.05, 4.69) is 32.7 Å². The summed E-state index contributed by atoms with van der Waals surface area (Å²) in [5.74, 6) is -0.116. The fraction of sp³-hybridized carbons (Fsp3) is 0.571. The van der Waals surface area contributed by atoms with E-state index in [0.717, 1.165) is 6.42 Å². The molecule has 0 radical (unpaired) electrons. The zero-order valence-corrected chi connectivity index (χ0v) is 11.5. The summed E-state index contributed by atoms with van der Waals surface area (Å²) in [7, 11) is 0. The molecule has 18 heavy (non-hydrogen) atoms. The maximum absolute atomic E-state index is 11.6. The summed E-state index contributed by atoms with van der Waals surface area (Å²) in [6, 6.07) is 0. The van der Waals surface area contributed by atoms with Gasteiger partial charge in [-0.3, -0.25) is 9.59 Å². The van der Waals surface area contributed by atoms with E-state index in [1.165, 1.54) is 11.0 Å². The van der Waals surface area contributed by atoms with Gasteiger partial charge in [0.1, 0.15) is 0 Å². The highest BCUT2D eigenvalue weighted by Gasteiger charge is 2.19. The van der Waals surface area contributed by atoms with Crippen molar-refractivity contribution in [3.8, 4) is 0 Å². The molecule has 2 amide bonds. The van der Waals surface area contributed by atoms with E-state index in [4.69, 9.17) is 0 Å². The molecule has 1 rings (SSSR count). The first-order valence-corrected chi connectivity index (χ1v) is 6.25. The van der Waals surface area contributed by atoms with Gasteiger partial charge in [-0.15, -0.1) is 0 Å². The Balaban J connectivity index is 2.22. The van der Waals surface area contributed by atoms with Crippen LogP contribution in [0, 0.1) is 5.41 Å². The van der Waals surface area contributed by atoms with Crippen LogP contribution in [0.4, 0.5) is 0 Å². The van der Waals surface area contributed by atoms with Crippen molar-refractivity contribution in [3.63, 3.8) is 0 Å². The molecule has 1 aliphatic rings. The van der Waals surface area contributed by atoms with Gasteiger partial charge in [-0.05, 0) is 17.9 Å². The summed E-state index contributed by atoms with van der Waals surface area (Å²) >= 11 is 0. The fourth-order valence-electron chi connectivity index (χ4n) is 1.62. The van der Waals surface area contributed by atoms with Gasteiger partial charge < -0.3 is 10.2 Å². The Morgan fingerprint density at radius 2 is 2.06 bits per heavy atom. The zero-order valence-electron chi connectivity index (χ0n) is 11.5. The molecule has 0 spiro atoms. The summed E-state index contributed by atoms with van der Waals surface area (Å²) in [5, 5.41) is 2.87. The molecule has 1 aliphatic heterocycles.